The van der Waals surface area contributed by atoms with Crippen molar-refractivity contribution in [2.45, 2.75) is 20.0 Å². The van der Waals surface area contributed by atoms with Crippen LogP contribution in [0.15, 0.2) is 28.7 Å². The highest BCUT2D eigenvalue weighted by molar-refractivity contribution is 9.10. The zero-order chi connectivity index (χ0) is 13.1. The average Bonchev–Trinajstić information content (AvgIpc) is 2.63. The molecule has 0 aliphatic heterocycles. The third-order valence-electron chi connectivity index (χ3n) is 2.52. The highest BCUT2D eigenvalue weighted by Gasteiger charge is 2.04. The van der Waals surface area contributed by atoms with Crippen molar-refractivity contribution < 1.29 is 8.78 Å². The van der Waals surface area contributed by atoms with Gasteiger partial charge in [0.15, 0.2) is 11.6 Å². The number of aryl methyl sites for hydroxylation is 1. The van der Waals surface area contributed by atoms with Gasteiger partial charge >= 0.3 is 0 Å². The predicted molar refractivity (Wildman–Crippen MR) is 73.7 cm³/mol. The van der Waals surface area contributed by atoms with Gasteiger partial charge in [-0.25, -0.2) is 8.78 Å². The van der Waals surface area contributed by atoms with Crippen LogP contribution in [0.25, 0.3) is 0 Å². The van der Waals surface area contributed by atoms with Gasteiger partial charge in [-0.05, 0) is 46.6 Å². The van der Waals surface area contributed by atoms with E-state index in [4.69, 9.17) is 0 Å². The number of hydrogen-bond donors (Lipinski definition) is 1. The molecule has 1 aromatic heterocycles. The lowest BCUT2D eigenvalue weighted by molar-refractivity contribution is 0.506. The number of thiophene rings is 1. The van der Waals surface area contributed by atoms with Crippen molar-refractivity contribution in [1.82, 2.24) is 5.32 Å². The minimum Gasteiger partial charge on any atom is -0.308 e. The summed E-state index contributed by atoms with van der Waals surface area (Å²) in [6.07, 6.45) is 0. The fraction of sp³-hybridized carbons (Fsp3) is 0.231. The van der Waals surface area contributed by atoms with E-state index in [9.17, 15) is 8.78 Å². The Morgan fingerprint density at radius 3 is 2.56 bits per heavy atom. The van der Waals surface area contributed by atoms with E-state index in [1.807, 2.05) is 6.92 Å². The van der Waals surface area contributed by atoms with Gasteiger partial charge in [0.25, 0.3) is 0 Å². The normalized spacial score (nSPS) is 10.9. The lowest BCUT2D eigenvalue weighted by Gasteiger charge is -2.03. The van der Waals surface area contributed by atoms with Crippen LogP contribution < -0.4 is 5.32 Å². The van der Waals surface area contributed by atoms with Gasteiger partial charge in [-0.15, -0.1) is 11.3 Å². The average molecular weight is 332 g/mol. The number of hydrogen-bond acceptors (Lipinski definition) is 2. The molecule has 5 heteroatoms. The van der Waals surface area contributed by atoms with Gasteiger partial charge < -0.3 is 5.32 Å². The molecule has 0 aliphatic carbocycles. The number of benzene rings is 1. The molecule has 0 spiro atoms. The van der Waals surface area contributed by atoms with Gasteiger partial charge in [-0.3, -0.25) is 0 Å². The maximum Gasteiger partial charge on any atom is 0.159 e. The maximum atomic E-state index is 13.0. The molecule has 96 valence electrons. The minimum atomic E-state index is -0.809. The van der Waals surface area contributed by atoms with Crippen LogP contribution in [0.4, 0.5) is 8.78 Å². The molecule has 1 nitrogen and oxygen atoms in total. The third-order valence-corrected chi connectivity index (χ3v) is 4.66. The molecule has 18 heavy (non-hydrogen) atoms. The Bertz CT molecular complexity index is 534. The van der Waals surface area contributed by atoms with Crippen molar-refractivity contribution >= 4 is 27.3 Å². The van der Waals surface area contributed by atoms with Crippen LogP contribution >= 0.6 is 27.3 Å². The van der Waals surface area contributed by atoms with E-state index in [2.05, 4.69) is 27.3 Å². The molecule has 0 bridgehead atoms. The number of rotatable bonds is 4. The Morgan fingerprint density at radius 1 is 1.17 bits per heavy atom. The van der Waals surface area contributed by atoms with Crippen LogP contribution in [0.2, 0.25) is 0 Å². The Kier molecular flexibility index (Phi) is 4.48. The molecule has 1 heterocycles. The van der Waals surface area contributed by atoms with E-state index in [-0.39, 0.29) is 0 Å². The maximum absolute atomic E-state index is 13.0. The second kappa shape index (κ2) is 5.91. The first kappa shape index (κ1) is 13.6. The number of nitrogens with one attached hydrogen (secondary N) is 1. The first-order valence-electron chi connectivity index (χ1n) is 5.45. The molecule has 2 aromatic rings. The summed E-state index contributed by atoms with van der Waals surface area (Å²) in [6.45, 7) is 3.29. The van der Waals surface area contributed by atoms with Crippen molar-refractivity contribution in [3.8, 4) is 0 Å². The largest absolute Gasteiger partial charge is 0.308 e. The lowest BCUT2D eigenvalue weighted by atomic mass is 10.2. The quantitative estimate of drug-likeness (QED) is 0.876. The highest BCUT2D eigenvalue weighted by Crippen LogP contribution is 2.26. The summed E-state index contributed by atoms with van der Waals surface area (Å²) >= 11 is 5.17. The first-order valence-corrected chi connectivity index (χ1v) is 7.06. The summed E-state index contributed by atoms with van der Waals surface area (Å²) < 4.78 is 26.8. The topological polar surface area (TPSA) is 12.0 Å². The summed E-state index contributed by atoms with van der Waals surface area (Å²) in [5.74, 6) is -1.61. The zero-order valence-electron chi connectivity index (χ0n) is 9.77. The minimum absolute atomic E-state index is 0.520. The van der Waals surface area contributed by atoms with Gasteiger partial charge in [0, 0.05) is 27.3 Å². The molecule has 2 rings (SSSR count). The molecule has 0 fully saturated rings. The van der Waals surface area contributed by atoms with Crippen LogP contribution in [-0.4, -0.2) is 0 Å². The summed E-state index contributed by atoms with van der Waals surface area (Å²) in [5, 5.41) is 3.21. The molecule has 0 unspecified atom stereocenters. The van der Waals surface area contributed by atoms with E-state index in [0.29, 0.717) is 6.54 Å². The summed E-state index contributed by atoms with van der Waals surface area (Å²) in [4.78, 5) is 2.45. The fourth-order valence-corrected chi connectivity index (χ4v) is 3.16. The molecule has 0 radical (unpaired) electrons. The second-order valence-electron chi connectivity index (χ2n) is 3.97. The first-order chi connectivity index (χ1) is 8.56. The molecule has 0 saturated heterocycles. The number of halogens is 3. The van der Waals surface area contributed by atoms with Crippen LogP contribution in [0.1, 0.15) is 15.3 Å². The standard InChI is InChI=1S/C13H12BrF2NS/c1-8-11(14)5-10(18-8)7-17-6-9-2-3-12(15)13(16)4-9/h2-5,17H,6-7H2,1H3. The van der Waals surface area contributed by atoms with E-state index >= 15 is 0 Å². The van der Waals surface area contributed by atoms with Crippen LogP contribution in [0, 0.1) is 18.6 Å². The molecule has 0 amide bonds. The van der Waals surface area contributed by atoms with Gasteiger partial charge in [0.05, 0.1) is 0 Å². The third kappa shape index (κ3) is 3.37. The van der Waals surface area contributed by atoms with Crippen LogP contribution in [0.5, 0.6) is 0 Å². The smallest absolute Gasteiger partial charge is 0.159 e. The second-order valence-corrected chi connectivity index (χ2v) is 6.16. The summed E-state index contributed by atoms with van der Waals surface area (Å²) in [6, 6.07) is 6.02. The van der Waals surface area contributed by atoms with Crippen molar-refractivity contribution in [2.24, 2.45) is 0 Å². The molecule has 1 aromatic carbocycles. The Hall–Kier alpha value is -0.780. The van der Waals surface area contributed by atoms with E-state index < -0.39 is 11.6 Å². The fourth-order valence-electron chi connectivity index (χ4n) is 1.58. The zero-order valence-corrected chi connectivity index (χ0v) is 12.2. The lowest BCUT2D eigenvalue weighted by Crippen LogP contribution is -2.12. The van der Waals surface area contributed by atoms with E-state index in [1.165, 1.54) is 15.8 Å². The van der Waals surface area contributed by atoms with Crippen LogP contribution in [-0.2, 0) is 13.1 Å². The van der Waals surface area contributed by atoms with Crippen molar-refractivity contribution in [3.05, 3.63) is 55.7 Å². The molecule has 0 aliphatic rings. The highest BCUT2D eigenvalue weighted by atomic mass is 79.9. The SMILES string of the molecule is Cc1sc(CNCc2ccc(F)c(F)c2)cc1Br. The van der Waals surface area contributed by atoms with E-state index in [0.717, 1.165) is 22.6 Å². The van der Waals surface area contributed by atoms with Crippen LogP contribution in [0.3, 0.4) is 0 Å². The summed E-state index contributed by atoms with van der Waals surface area (Å²) in [7, 11) is 0. The molecule has 0 saturated carbocycles. The van der Waals surface area contributed by atoms with Gasteiger partial charge in [-0.2, -0.15) is 0 Å². The van der Waals surface area contributed by atoms with Gasteiger partial charge in [0.2, 0.25) is 0 Å². The predicted octanol–water partition coefficient (Wildman–Crippen LogP) is 4.39. The van der Waals surface area contributed by atoms with Crippen molar-refractivity contribution in [1.29, 1.82) is 0 Å². The summed E-state index contributed by atoms with van der Waals surface area (Å²) in [5.41, 5.74) is 0.737. The molecular formula is C13H12BrF2NS. The van der Waals surface area contributed by atoms with Crippen molar-refractivity contribution in [3.63, 3.8) is 0 Å². The molecular weight excluding hydrogens is 320 g/mol. The Balaban J connectivity index is 1.90. The molecule has 1 N–H and O–H groups in total. The Morgan fingerprint density at radius 2 is 1.94 bits per heavy atom. The van der Waals surface area contributed by atoms with Gasteiger partial charge in [-0.1, -0.05) is 6.07 Å². The van der Waals surface area contributed by atoms with Crippen molar-refractivity contribution in [2.75, 3.05) is 0 Å². The Labute approximate surface area is 117 Å². The van der Waals surface area contributed by atoms with Gasteiger partial charge in [0.1, 0.15) is 0 Å². The van der Waals surface area contributed by atoms with E-state index in [1.54, 1.807) is 17.4 Å². The molecule has 0 atom stereocenters. The monoisotopic (exact) mass is 331 g/mol.